The van der Waals surface area contributed by atoms with Gasteiger partial charge in [0.1, 0.15) is 0 Å². The minimum atomic E-state index is 0.848. The fourth-order valence-electron chi connectivity index (χ4n) is 5.32. The Morgan fingerprint density at radius 1 is 0.800 bits per heavy atom. The van der Waals surface area contributed by atoms with Crippen LogP contribution in [0.15, 0.2) is 47.6 Å². The van der Waals surface area contributed by atoms with Crippen molar-refractivity contribution in [1.82, 2.24) is 0 Å². The largest absolute Gasteiger partial charge is 0.0839 e. The molecule has 4 aliphatic carbocycles. The van der Waals surface area contributed by atoms with E-state index in [1.807, 2.05) is 0 Å². The molecule has 0 nitrogen and oxygen atoms in total. The molecule has 20 heavy (non-hydrogen) atoms. The van der Waals surface area contributed by atoms with Crippen molar-refractivity contribution in [2.45, 2.75) is 45.4 Å². The first-order valence-electron chi connectivity index (χ1n) is 8.58. The molecule has 4 atom stereocenters. The van der Waals surface area contributed by atoms with E-state index in [4.69, 9.17) is 0 Å². The molecule has 0 N–H and O–H groups in total. The van der Waals surface area contributed by atoms with E-state index in [-0.39, 0.29) is 0 Å². The number of hydrogen-bond acceptors (Lipinski definition) is 0. The van der Waals surface area contributed by atoms with E-state index >= 15 is 0 Å². The third-order valence-corrected chi connectivity index (χ3v) is 6.41. The highest BCUT2D eigenvalue weighted by Gasteiger charge is 2.41. The Morgan fingerprint density at radius 2 is 1.30 bits per heavy atom. The average molecular weight is 266 g/mol. The fourth-order valence-corrected chi connectivity index (χ4v) is 5.32. The quantitative estimate of drug-likeness (QED) is 0.623. The lowest BCUT2D eigenvalue weighted by Gasteiger charge is -2.30. The van der Waals surface area contributed by atoms with E-state index in [1.54, 1.807) is 11.1 Å². The molecule has 0 radical (unpaired) electrons. The molecule has 0 aromatic rings. The van der Waals surface area contributed by atoms with Crippen LogP contribution in [0, 0.1) is 29.6 Å². The predicted octanol–water partition coefficient (Wildman–Crippen LogP) is 5.45. The molecular formula is C20H26. The third-order valence-electron chi connectivity index (χ3n) is 6.41. The molecule has 0 heteroatoms. The summed E-state index contributed by atoms with van der Waals surface area (Å²) in [7, 11) is 0. The Kier molecular flexibility index (Phi) is 3.21. The molecule has 0 saturated heterocycles. The average Bonchev–Trinajstić information content (AvgIpc) is 3.11. The van der Waals surface area contributed by atoms with E-state index in [0.29, 0.717) is 0 Å². The molecule has 4 aliphatic rings. The predicted molar refractivity (Wildman–Crippen MR) is 85.3 cm³/mol. The van der Waals surface area contributed by atoms with E-state index < -0.39 is 0 Å². The lowest BCUT2D eigenvalue weighted by molar-refractivity contribution is 0.315. The van der Waals surface area contributed by atoms with Gasteiger partial charge in [0.15, 0.2) is 0 Å². The lowest BCUT2D eigenvalue weighted by atomic mass is 9.74. The summed E-state index contributed by atoms with van der Waals surface area (Å²) in [5.41, 5.74) is 3.57. The van der Waals surface area contributed by atoms with E-state index in [2.05, 4.69) is 43.4 Å². The number of rotatable bonds is 2. The van der Waals surface area contributed by atoms with Gasteiger partial charge in [0.05, 0.1) is 0 Å². The second-order valence-electron chi connectivity index (χ2n) is 7.28. The first kappa shape index (κ1) is 12.7. The molecule has 0 aromatic carbocycles. The van der Waals surface area contributed by atoms with Crippen LogP contribution >= 0.6 is 0 Å². The molecule has 4 rings (SSSR count). The van der Waals surface area contributed by atoms with E-state index in [1.165, 1.54) is 38.5 Å². The first-order chi connectivity index (χ1) is 9.84. The van der Waals surface area contributed by atoms with Gasteiger partial charge in [0.2, 0.25) is 0 Å². The van der Waals surface area contributed by atoms with Gasteiger partial charge in [-0.2, -0.15) is 0 Å². The topological polar surface area (TPSA) is 0 Å². The number of allylic oxidation sites excluding steroid dienone is 8. The minimum Gasteiger partial charge on any atom is -0.0839 e. The number of fused-ring (bicyclic) bond motifs is 2. The Balaban J connectivity index is 1.57. The highest BCUT2D eigenvalue weighted by molar-refractivity contribution is 5.30. The maximum Gasteiger partial charge on any atom is -0.0162 e. The molecule has 2 saturated carbocycles. The SMILES string of the molecule is CC(C1CCC2CC=CC=C21)C1CCC2CC=CC=C21. The number of hydrogen-bond donors (Lipinski definition) is 0. The first-order valence-corrected chi connectivity index (χ1v) is 8.58. The van der Waals surface area contributed by atoms with Gasteiger partial charge in [-0.15, -0.1) is 0 Å². The van der Waals surface area contributed by atoms with Gasteiger partial charge in [-0.1, -0.05) is 54.5 Å². The van der Waals surface area contributed by atoms with Crippen molar-refractivity contribution in [3.05, 3.63) is 47.6 Å². The van der Waals surface area contributed by atoms with Crippen molar-refractivity contribution in [3.8, 4) is 0 Å². The van der Waals surface area contributed by atoms with Gasteiger partial charge in [0.25, 0.3) is 0 Å². The second-order valence-corrected chi connectivity index (χ2v) is 7.28. The van der Waals surface area contributed by atoms with Gasteiger partial charge >= 0.3 is 0 Å². The molecule has 2 fully saturated rings. The van der Waals surface area contributed by atoms with Gasteiger partial charge in [-0.3, -0.25) is 0 Å². The van der Waals surface area contributed by atoms with Crippen molar-refractivity contribution >= 4 is 0 Å². The Hall–Kier alpha value is -1.04. The zero-order valence-corrected chi connectivity index (χ0v) is 12.6. The molecule has 0 aliphatic heterocycles. The van der Waals surface area contributed by atoms with Crippen molar-refractivity contribution in [1.29, 1.82) is 0 Å². The maximum atomic E-state index is 2.54. The standard InChI is InChI=1S/C20H26/c1-14(17-12-10-15-6-2-4-8-19(15)17)18-13-11-16-7-3-5-9-20(16)18/h2-5,8-9,14-18H,6-7,10-13H2,1H3. The fraction of sp³-hybridized carbons (Fsp3) is 0.600. The summed E-state index contributed by atoms with van der Waals surface area (Å²) in [6, 6.07) is 0. The summed E-state index contributed by atoms with van der Waals surface area (Å²) < 4.78 is 0. The van der Waals surface area contributed by atoms with Crippen LogP contribution in [0.5, 0.6) is 0 Å². The van der Waals surface area contributed by atoms with Crippen molar-refractivity contribution in [3.63, 3.8) is 0 Å². The summed E-state index contributed by atoms with van der Waals surface area (Å²) in [6.45, 7) is 2.54. The minimum absolute atomic E-state index is 0.848. The molecule has 0 spiro atoms. The van der Waals surface area contributed by atoms with Crippen LogP contribution in [0.2, 0.25) is 0 Å². The second kappa shape index (κ2) is 5.06. The van der Waals surface area contributed by atoms with Crippen molar-refractivity contribution < 1.29 is 0 Å². The van der Waals surface area contributed by atoms with Crippen LogP contribution in [0.1, 0.15) is 45.4 Å². The van der Waals surface area contributed by atoms with Crippen LogP contribution in [0.3, 0.4) is 0 Å². The summed E-state index contributed by atoms with van der Waals surface area (Å²) >= 11 is 0. The van der Waals surface area contributed by atoms with Crippen LogP contribution in [-0.4, -0.2) is 0 Å². The van der Waals surface area contributed by atoms with Crippen molar-refractivity contribution in [2.24, 2.45) is 29.6 Å². The monoisotopic (exact) mass is 266 g/mol. The van der Waals surface area contributed by atoms with Gasteiger partial charge in [-0.25, -0.2) is 0 Å². The molecule has 0 amide bonds. The highest BCUT2D eigenvalue weighted by Crippen LogP contribution is 2.51. The zero-order chi connectivity index (χ0) is 13.5. The Bertz CT molecular complexity index is 456. The van der Waals surface area contributed by atoms with Gasteiger partial charge < -0.3 is 0 Å². The normalized spacial score (nSPS) is 40.0. The molecule has 4 unspecified atom stereocenters. The summed E-state index contributed by atoms with van der Waals surface area (Å²) in [5.74, 6) is 4.33. The van der Waals surface area contributed by atoms with Gasteiger partial charge in [0, 0.05) is 0 Å². The zero-order valence-electron chi connectivity index (χ0n) is 12.6. The Morgan fingerprint density at radius 3 is 1.80 bits per heavy atom. The van der Waals surface area contributed by atoms with E-state index in [9.17, 15) is 0 Å². The van der Waals surface area contributed by atoms with Crippen LogP contribution in [0.4, 0.5) is 0 Å². The molecule has 0 aromatic heterocycles. The summed E-state index contributed by atoms with van der Waals surface area (Å²) in [6.07, 6.45) is 22.6. The highest BCUT2D eigenvalue weighted by atomic mass is 14.5. The van der Waals surface area contributed by atoms with Crippen LogP contribution in [0.25, 0.3) is 0 Å². The third kappa shape index (κ3) is 1.96. The summed E-state index contributed by atoms with van der Waals surface area (Å²) in [5, 5.41) is 0. The van der Waals surface area contributed by atoms with Crippen LogP contribution in [-0.2, 0) is 0 Å². The smallest absolute Gasteiger partial charge is 0.0162 e. The molecule has 106 valence electrons. The molecule has 0 heterocycles. The van der Waals surface area contributed by atoms with Crippen LogP contribution < -0.4 is 0 Å². The molecular weight excluding hydrogens is 240 g/mol. The lowest BCUT2D eigenvalue weighted by Crippen LogP contribution is -2.21. The Labute approximate surface area is 123 Å². The summed E-state index contributed by atoms with van der Waals surface area (Å²) in [4.78, 5) is 0. The van der Waals surface area contributed by atoms with E-state index in [0.717, 1.165) is 29.6 Å². The van der Waals surface area contributed by atoms with Crippen molar-refractivity contribution in [2.75, 3.05) is 0 Å². The molecule has 0 bridgehead atoms. The van der Waals surface area contributed by atoms with Gasteiger partial charge in [-0.05, 0) is 68.1 Å². The maximum absolute atomic E-state index is 2.54.